The zero-order valence-corrected chi connectivity index (χ0v) is 17.0. The number of benzene rings is 2. The molecule has 3 rings (SSSR count). The number of thiophene rings is 1. The van der Waals surface area contributed by atoms with Crippen LogP contribution in [0.15, 0.2) is 52.7 Å². The van der Waals surface area contributed by atoms with Crippen molar-refractivity contribution in [1.82, 2.24) is 0 Å². The topological polar surface area (TPSA) is 17.1 Å². The van der Waals surface area contributed by atoms with Gasteiger partial charge >= 0.3 is 6.18 Å². The fraction of sp³-hybridized carbons (Fsp3) is 0.238. The van der Waals surface area contributed by atoms with Gasteiger partial charge in [0.25, 0.3) is 0 Å². The van der Waals surface area contributed by atoms with E-state index in [4.69, 9.17) is 0 Å². The first-order valence-electron chi connectivity index (χ1n) is 8.83. The van der Waals surface area contributed by atoms with Gasteiger partial charge in [0.15, 0.2) is 0 Å². The first kappa shape index (κ1) is 21.6. The molecule has 1 aromatic heterocycles. The van der Waals surface area contributed by atoms with Gasteiger partial charge in [-0.25, -0.2) is 8.78 Å². The van der Waals surface area contributed by atoms with Crippen LogP contribution in [-0.2, 0) is 17.0 Å². The normalized spacial score (nSPS) is 12.9. The predicted molar refractivity (Wildman–Crippen MR) is 106 cm³/mol. The van der Waals surface area contributed by atoms with Crippen molar-refractivity contribution in [2.75, 3.05) is 5.75 Å². The summed E-state index contributed by atoms with van der Waals surface area (Å²) in [7, 11) is -1.54. The van der Waals surface area contributed by atoms with E-state index in [0.29, 0.717) is 22.4 Å². The summed E-state index contributed by atoms with van der Waals surface area (Å²) in [6.07, 6.45) is -3.15. The summed E-state index contributed by atoms with van der Waals surface area (Å²) in [5.74, 6) is -1.18. The molecule has 0 spiro atoms. The van der Waals surface area contributed by atoms with Crippen molar-refractivity contribution in [2.24, 2.45) is 0 Å². The minimum absolute atomic E-state index is 0.118. The van der Waals surface area contributed by atoms with E-state index < -0.39 is 34.2 Å². The Morgan fingerprint density at radius 3 is 2.21 bits per heavy atom. The molecule has 29 heavy (non-hydrogen) atoms. The molecule has 0 N–H and O–H groups in total. The van der Waals surface area contributed by atoms with Gasteiger partial charge in [0, 0.05) is 21.6 Å². The lowest BCUT2D eigenvalue weighted by Gasteiger charge is -2.12. The third kappa shape index (κ3) is 5.30. The first-order chi connectivity index (χ1) is 13.7. The summed E-state index contributed by atoms with van der Waals surface area (Å²) in [5.41, 5.74) is 0.158. The van der Waals surface area contributed by atoms with Gasteiger partial charge in [-0.05, 0) is 64.9 Å². The zero-order valence-electron chi connectivity index (χ0n) is 15.4. The maximum atomic E-state index is 13.5. The third-order valence-corrected chi connectivity index (χ3v) is 6.66. The lowest BCUT2D eigenvalue weighted by molar-refractivity contribution is -0.137. The Morgan fingerprint density at radius 2 is 1.59 bits per heavy atom. The zero-order chi connectivity index (χ0) is 21.2. The fourth-order valence-corrected chi connectivity index (χ4v) is 5.00. The van der Waals surface area contributed by atoms with Gasteiger partial charge in [-0.1, -0.05) is 13.3 Å². The Hall–Kier alpha value is -2.06. The van der Waals surface area contributed by atoms with Crippen LogP contribution in [0, 0.1) is 11.6 Å². The molecular weight excluding hydrogens is 427 g/mol. The summed E-state index contributed by atoms with van der Waals surface area (Å²) in [5, 5.41) is 1.62. The number of halogens is 5. The summed E-state index contributed by atoms with van der Waals surface area (Å²) < 4.78 is 79.5. The number of hydrogen-bond donors (Lipinski definition) is 0. The molecule has 0 aliphatic heterocycles. The molecule has 0 saturated carbocycles. The second kappa shape index (κ2) is 8.75. The van der Waals surface area contributed by atoms with Gasteiger partial charge < -0.3 is 0 Å². The van der Waals surface area contributed by atoms with E-state index >= 15 is 0 Å². The van der Waals surface area contributed by atoms with Crippen LogP contribution in [0.4, 0.5) is 22.0 Å². The van der Waals surface area contributed by atoms with E-state index in [2.05, 4.69) is 0 Å². The van der Waals surface area contributed by atoms with Crippen LogP contribution < -0.4 is 0 Å². The van der Waals surface area contributed by atoms with Gasteiger partial charge in [0.1, 0.15) is 11.6 Å². The van der Waals surface area contributed by atoms with Crippen molar-refractivity contribution < 1.29 is 26.2 Å². The van der Waals surface area contributed by atoms with Gasteiger partial charge in [0.05, 0.1) is 16.4 Å². The minimum atomic E-state index is -4.58. The van der Waals surface area contributed by atoms with Gasteiger partial charge in [-0.2, -0.15) is 13.2 Å². The molecule has 0 aliphatic rings. The minimum Gasteiger partial charge on any atom is -0.254 e. The maximum Gasteiger partial charge on any atom is 0.416 e. The molecule has 0 radical (unpaired) electrons. The van der Waals surface area contributed by atoms with Crippen LogP contribution >= 0.6 is 11.3 Å². The van der Waals surface area contributed by atoms with Crippen molar-refractivity contribution >= 4 is 22.1 Å². The Labute approximate surface area is 171 Å². The molecule has 1 heterocycles. The molecular formula is C21H17F5OS2. The quantitative estimate of drug-likeness (QED) is 0.365. The van der Waals surface area contributed by atoms with Crippen LogP contribution in [0.2, 0.25) is 0 Å². The molecule has 0 bridgehead atoms. The molecule has 1 nitrogen and oxygen atoms in total. The second-order valence-electron chi connectivity index (χ2n) is 6.50. The van der Waals surface area contributed by atoms with E-state index in [1.165, 1.54) is 17.4 Å². The van der Waals surface area contributed by atoms with Crippen LogP contribution in [0.5, 0.6) is 0 Å². The highest BCUT2D eigenvalue weighted by atomic mass is 32.2. The molecule has 2 aromatic carbocycles. The summed E-state index contributed by atoms with van der Waals surface area (Å²) in [4.78, 5) is 0.636. The summed E-state index contributed by atoms with van der Waals surface area (Å²) in [6, 6.07) is 8.06. The molecule has 0 aliphatic carbocycles. The average molecular weight is 444 g/mol. The lowest BCUT2D eigenvalue weighted by Crippen LogP contribution is -2.07. The average Bonchev–Trinajstić information content (AvgIpc) is 3.14. The highest BCUT2D eigenvalue weighted by molar-refractivity contribution is 7.85. The van der Waals surface area contributed by atoms with Crippen LogP contribution in [0.1, 0.15) is 25.3 Å². The lowest BCUT2D eigenvalue weighted by atomic mass is 10.0. The maximum absolute atomic E-state index is 13.5. The van der Waals surface area contributed by atoms with Crippen molar-refractivity contribution in [1.29, 1.82) is 0 Å². The Balaban J connectivity index is 2.03. The van der Waals surface area contributed by atoms with Crippen molar-refractivity contribution in [2.45, 2.75) is 30.8 Å². The van der Waals surface area contributed by atoms with Crippen LogP contribution in [0.3, 0.4) is 0 Å². The molecule has 154 valence electrons. The molecule has 3 aromatic rings. The Kier molecular flexibility index (Phi) is 6.53. The van der Waals surface area contributed by atoms with Gasteiger partial charge in [-0.3, -0.25) is 4.21 Å². The number of rotatable bonds is 6. The second-order valence-corrected chi connectivity index (χ2v) is 8.99. The SMILES string of the molecule is CCCCS(=O)c1cc(-c2csc(-c3cc(F)cc(F)c3)c2)cc(C(F)(F)F)c1. The van der Waals surface area contributed by atoms with E-state index in [1.807, 2.05) is 6.92 Å². The monoisotopic (exact) mass is 444 g/mol. The highest BCUT2D eigenvalue weighted by Gasteiger charge is 2.32. The van der Waals surface area contributed by atoms with E-state index in [-0.39, 0.29) is 16.2 Å². The third-order valence-electron chi connectivity index (χ3n) is 4.26. The van der Waals surface area contributed by atoms with E-state index in [0.717, 1.165) is 36.8 Å². The van der Waals surface area contributed by atoms with Gasteiger partial charge in [-0.15, -0.1) is 11.3 Å². The van der Waals surface area contributed by atoms with E-state index in [9.17, 15) is 26.2 Å². The van der Waals surface area contributed by atoms with Crippen LogP contribution in [0.25, 0.3) is 21.6 Å². The Morgan fingerprint density at radius 1 is 0.897 bits per heavy atom. The summed E-state index contributed by atoms with van der Waals surface area (Å²) >= 11 is 1.17. The molecule has 0 amide bonds. The fourth-order valence-electron chi connectivity index (χ4n) is 2.79. The number of unbranched alkanes of at least 4 members (excludes halogenated alkanes) is 1. The van der Waals surface area contributed by atoms with E-state index in [1.54, 1.807) is 11.4 Å². The predicted octanol–water partition coefficient (Wildman–Crippen LogP) is 7.29. The number of alkyl halides is 3. The van der Waals surface area contributed by atoms with Crippen LogP contribution in [-0.4, -0.2) is 9.96 Å². The standard InChI is InChI=1S/C21H17F5OS2/c1-2-3-4-29(27)19-8-13(5-16(10-19)21(24,25)26)15-9-20(28-12-15)14-6-17(22)11-18(23)7-14/h5-12H,2-4H2,1H3. The summed E-state index contributed by atoms with van der Waals surface area (Å²) in [6.45, 7) is 1.91. The molecule has 8 heteroatoms. The highest BCUT2D eigenvalue weighted by Crippen LogP contribution is 2.38. The molecule has 1 unspecified atom stereocenters. The van der Waals surface area contributed by atoms with Gasteiger partial charge in [0.2, 0.25) is 0 Å². The van der Waals surface area contributed by atoms with Crippen molar-refractivity contribution in [3.05, 3.63) is 65.0 Å². The molecule has 0 saturated heterocycles. The first-order valence-corrected chi connectivity index (χ1v) is 11.0. The molecule has 0 fully saturated rings. The van der Waals surface area contributed by atoms with Crippen molar-refractivity contribution in [3.63, 3.8) is 0 Å². The van der Waals surface area contributed by atoms with Crippen molar-refractivity contribution in [3.8, 4) is 21.6 Å². The molecule has 1 atom stereocenters. The largest absolute Gasteiger partial charge is 0.416 e. The number of hydrogen-bond acceptors (Lipinski definition) is 2. The Bertz CT molecular complexity index is 1020. The smallest absolute Gasteiger partial charge is 0.254 e.